The van der Waals surface area contributed by atoms with Gasteiger partial charge in [-0.3, -0.25) is 4.98 Å². The second kappa shape index (κ2) is 11.3. The molecule has 0 aliphatic heterocycles. The normalized spacial score (nSPS) is 11.9. The van der Waals surface area contributed by atoms with Gasteiger partial charge in [-0.25, -0.2) is 22.0 Å². The van der Waals surface area contributed by atoms with E-state index in [1.54, 1.807) is 6.92 Å². The predicted octanol–water partition coefficient (Wildman–Crippen LogP) is 5.98. The van der Waals surface area contributed by atoms with Crippen molar-refractivity contribution >= 4 is 38.1 Å². The second-order valence-electron chi connectivity index (χ2n) is 8.40. The third-order valence-corrected chi connectivity index (χ3v) is 6.90. The fourth-order valence-corrected chi connectivity index (χ4v) is 4.53. The number of nitriles is 1. The van der Waals surface area contributed by atoms with E-state index >= 15 is 0 Å². The molecule has 0 saturated heterocycles. The lowest BCUT2D eigenvalue weighted by molar-refractivity contribution is 0.262. The zero-order valence-electron chi connectivity index (χ0n) is 20.7. The van der Waals surface area contributed by atoms with Crippen molar-refractivity contribution in [3.8, 4) is 23.3 Å². The Morgan fingerprint density at radius 1 is 1.05 bits per heavy atom. The van der Waals surface area contributed by atoms with E-state index < -0.39 is 32.9 Å². The van der Waals surface area contributed by atoms with Crippen molar-refractivity contribution < 1.29 is 31.5 Å². The molecule has 0 aliphatic rings. The number of urea groups is 1. The summed E-state index contributed by atoms with van der Waals surface area (Å²) in [5.74, 6) is -0.815. The van der Waals surface area contributed by atoms with Gasteiger partial charge in [0.25, 0.3) is 0 Å². The highest BCUT2D eigenvalue weighted by Crippen LogP contribution is 2.34. The maximum Gasteiger partial charge on any atom is 0.323 e. The first kappa shape index (κ1) is 27.3. The highest BCUT2D eigenvalue weighted by Gasteiger charge is 2.23. The SMILES string of the molecule is CCC(Oc1cc2nccc(Oc3ccc(NC(=O)Nc4ccc(F)cc4)c(F)c3)c2cc1C#N)S(C)(=O)=O. The average molecular weight is 553 g/mol. The van der Waals surface area contributed by atoms with E-state index in [-0.39, 0.29) is 34.9 Å². The largest absolute Gasteiger partial charge is 0.473 e. The van der Waals surface area contributed by atoms with Crippen LogP contribution in [0.5, 0.6) is 17.2 Å². The lowest BCUT2D eigenvalue weighted by Gasteiger charge is -2.17. The average Bonchev–Trinajstić information content (AvgIpc) is 2.89. The summed E-state index contributed by atoms with van der Waals surface area (Å²) in [6.45, 7) is 1.65. The summed E-state index contributed by atoms with van der Waals surface area (Å²) in [7, 11) is -3.53. The van der Waals surface area contributed by atoms with Gasteiger partial charge < -0.3 is 20.1 Å². The smallest absolute Gasteiger partial charge is 0.323 e. The summed E-state index contributed by atoms with van der Waals surface area (Å²) in [6, 6.07) is 14.6. The van der Waals surface area contributed by atoms with Crippen molar-refractivity contribution in [1.29, 1.82) is 5.26 Å². The van der Waals surface area contributed by atoms with E-state index in [9.17, 15) is 27.3 Å². The van der Waals surface area contributed by atoms with Gasteiger partial charge in [-0.1, -0.05) is 6.92 Å². The van der Waals surface area contributed by atoms with Crippen LogP contribution in [0.15, 0.2) is 66.9 Å². The molecule has 1 unspecified atom stereocenters. The summed E-state index contributed by atoms with van der Waals surface area (Å²) < 4.78 is 63.2. The zero-order chi connectivity index (χ0) is 28.2. The highest BCUT2D eigenvalue weighted by atomic mass is 32.2. The van der Waals surface area contributed by atoms with Crippen LogP contribution in [0, 0.1) is 23.0 Å². The molecule has 0 saturated carbocycles. The van der Waals surface area contributed by atoms with E-state index in [1.807, 2.05) is 6.07 Å². The predicted molar refractivity (Wildman–Crippen MR) is 142 cm³/mol. The number of carbonyl (C=O) groups excluding carboxylic acids is 1. The molecule has 1 aromatic heterocycles. The molecule has 200 valence electrons. The van der Waals surface area contributed by atoms with Crippen molar-refractivity contribution in [2.75, 3.05) is 16.9 Å². The number of aromatic nitrogens is 1. The van der Waals surface area contributed by atoms with E-state index in [0.29, 0.717) is 16.6 Å². The van der Waals surface area contributed by atoms with Crippen LogP contribution in [-0.2, 0) is 9.84 Å². The molecule has 2 N–H and O–H groups in total. The van der Waals surface area contributed by atoms with Crippen LogP contribution in [0.25, 0.3) is 10.9 Å². The Hall–Kier alpha value is -4.76. The first-order chi connectivity index (χ1) is 18.6. The quantitative estimate of drug-likeness (QED) is 0.275. The number of rotatable bonds is 8. The third kappa shape index (κ3) is 6.58. The highest BCUT2D eigenvalue weighted by molar-refractivity contribution is 7.91. The van der Waals surface area contributed by atoms with Crippen LogP contribution in [-0.4, -0.2) is 31.1 Å². The van der Waals surface area contributed by atoms with E-state index in [0.717, 1.165) is 12.3 Å². The fraction of sp³-hybridized carbons (Fsp3) is 0.148. The van der Waals surface area contributed by atoms with Gasteiger partial charge in [0, 0.05) is 35.7 Å². The van der Waals surface area contributed by atoms with Gasteiger partial charge in [-0.2, -0.15) is 5.26 Å². The number of nitrogens with zero attached hydrogens (tertiary/aromatic N) is 2. The molecule has 4 rings (SSSR count). The molecule has 1 heterocycles. The summed E-state index contributed by atoms with van der Waals surface area (Å²) in [5.41, 5.74) is -0.493. The lowest BCUT2D eigenvalue weighted by atomic mass is 10.1. The number of sulfone groups is 1. The van der Waals surface area contributed by atoms with Gasteiger partial charge in [0.05, 0.1) is 16.8 Å². The summed E-state index contributed by atoms with van der Waals surface area (Å²) >= 11 is 0. The maximum absolute atomic E-state index is 14.7. The van der Waals surface area contributed by atoms with Crippen LogP contribution in [0.3, 0.4) is 0 Å². The molecule has 0 aliphatic carbocycles. The van der Waals surface area contributed by atoms with Gasteiger partial charge in [-0.15, -0.1) is 0 Å². The number of pyridine rings is 1. The fourth-order valence-electron chi connectivity index (χ4n) is 3.64. The van der Waals surface area contributed by atoms with E-state index in [2.05, 4.69) is 15.6 Å². The van der Waals surface area contributed by atoms with Crippen LogP contribution in [0.4, 0.5) is 25.0 Å². The minimum atomic E-state index is -3.53. The first-order valence-electron chi connectivity index (χ1n) is 11.6. The molecular formula is C27H22F2N4O5S. The molecular weight excluding hydrogens is 530 g/mol. The molecule has 3 aromatic carbocycles. The summed E-state index contributed by atoms with van der Waals surface area (Å²) in [5, 5.41) is 14.9. The second-order valence-corrected chi connectivity index (χ2v) is 10.6. The number of hydrogen-bond donors (Lipinski definition) is 2. The Labute approximate surface area is 222 Å². The number of nitrogens with one attached hydrogen (secondary N) is 2. The van der Waals surface area contributed by atoms with E-state index in [4.69, 9.17) is 9.47 Å². The number of fused-ring (bicyclic) bond motifs is 1. The standard InChI is InChI=1S/C27H22F2N4O5S/c1-3-26(39(2,35)36)38-25-14-23-20(12-16(25)15-30)24(10-11-31-23)37-19-8-9-22(21(29)13-19)33-27(34)32-18-6-4-17(28)5-7-18/h4-14,26H,3H2,1-2H3,(H2,32,33,34). The Balaban J connectivity index is 1.55. The summed E-state index contributed by atoms with van der Waals surface area (Å²) in [4.78, 5) is 16.4. The number of halogens is 2. The Kier molecular flexibility index (Phi) is 7.92. The van der Waals surface area contributed by atoms with Crippen molar-refractivity contribution in [1.82, 2.24) is 4.98 Å². The van der Waals surface area contributed by atoms with Crippen LogP contribution < -0.4 is 20.1 Å². The van der Waals surface area contributed by atoms with Gasteiger partial charge in [0.15, 0.2) is 15.3 Å². The van der Waals surface area contributed by atoms with Crippen LogP contribution >= 0.6 is 0 Å². The van der Waals surface area contributed by atoms with Crippen molar-refractivity contribution in [2.45, 2.75) is 18.8 Å². The molecule has 1 atom stereocenters. The van der Waals surface area contributed by atoms with Gasteiger partial charge in [-0.05, 0) is 55.0 Å². The van der Waals surface area contributed by atoms with Gasteiger partial charge >= 0.3 is 6.03 Å². The summed E-state index contributed by atoms with van der Waals surface area (Å²) in [6.07, 6.45) is 2.67. The maximum atomic E-state index is 14.7. The third-order valence-electron chi connectivity index (χ3n) is 5.51. The van der Waals surface area contributed by atoms with Crippen molar-refractivity contribution in [2.24, 2.45) is 0 Å². The molecule has 12 heteroatoms. The molecule has 39 heavy (non-hydrogen) atoms. The molecule has 2 amide bonds. The van der Waals surface area contributed by atoms with Gasteiger partial charge in [0.1, 0.15) is 35.0 Å². The van der Waals surface area contributed by atoms with Crippen LogP contribution in [0.1, 0.15) is 18.9 Å². The zero-order valence-corrected chi connectivity index (χ0v) is 21.6. The van der Waals surface area contributed by atoms with Crippen molar-refractivity contribution in [3.05, 3.63) is 84.1 Å². The molecule has 4 aromatic rings. The number of carbonyl (C=O) groups is 1. The van der Waals surface area contributed by atoms with Gasteiger partial charge in [0.2, 0.25) is 0 Å². The minimum Gasteiger partial charge on any atom is -0.473 e. The Morgan fingerprint density at radius 2 is 1.79 bits per heavy atom. The number of ether oxygens (including phenoxy) is 2. The topological polar surface area (TPSA) is 130 Å². The molecule has 0 radical (unpaired) electrons. The molecule has 0 fully saturated rings. The van der Waals surface area contributed by atoms with Crippen molar-refractivity contribution in [3.63, 3.8) is 0 Å². The number of hydrogen-bond acceptors (Lipinski definition) is 7. The number of anilines is 2. The lowest BCUT2D eigenvalue weighted by Crippen LogP contribution is -2.25. The molecule has 9 nitrogen and oxygen atoms in total. The molecule has 0 spiro atoms. The number of amides is 2. The Morgan fingerprint density at radius 3 is 2.44 bits per heavy atom. The van der Waals surface area contributed by atoms with Crippen LogP contribution in [0.2, 0.25) is 0 Å². The Bertz CT molecular complexity index is 1690. The van der Waals surface area contributed by atoms with E-state index in [1.165, 1.54) is 60.8 Å². The number of benzene rings is 3. The first-order valence-corrected chi connectivity index (χ1v) is 13.5. The molecule has 0 bridgehead atoms. The monoisotopic (exact) mass is 552 g/mol. The minimum absolute atomic E-state index is 0.0623.